The van der Waals surface area contributed by atoms with Crippen LogP contribution < -0.4 is 5.73 Å². The number of nitrogens with one attached hydrogen (secondary N) is 2. The van der Waals surface area contributed by atoms with Crippen molar-refractivity contribution >= 4 is 23.9 Å². The quantitative estimate of drug-likeness (QED) is 0.392. The van der Waals surface area contributed by atoms with Gasteiger partial charge in [-0.3, -0.25) is 4.79 Å². The Bertz CT molecular complexity index is 366. The summed E-state index contributed by atoms with van der Waals surface area (Å²) in [7, 11) is 0. The molecule has 15 heavy (non-hydrogen) atoms. The van der Waals surface area contributed by atoms with Crippen molar-refractivity contribution in [3.05, 3.63) is 29.3 Å². The van der Waals surface area contributed by atoms with E-state index in [-0.39, 0.29) is 5.78 Å². The Kier molecular flexibility index (Phi) is 5.63. The third-order valence-corrected chi connectivity index (χ3v) is 1.67. The SMILES string of the molecule is CC(=O)c1cc(C)ccc1N.N=CC=N. The Hall–Kier alpha value is -1.97. The number of rotatable bonds is 2. The molecule has 4 N–H and O–H groups in total. The van der Waals surface area contributed by atoms with Crippen molar-refractivity contribution in [3.63, 3.8) is 0 Å². The molecule has 0 amide bonds. The highest BCUT2D eigenvalue weighted by Crippen LogP contribution is 2.13. The lowest BCUT2D eigenvalue weighted by Gasteiger charge is -2.01. The number of ketones is 1. The van der Waals surface area contributed by atoms with E-state index in [1.165, 1.54) is 6.92 Å². The zero-order valence-corrected chi connectivity index (χ0v) is 8.87. The normalized spacial score (nSPS) is 8.40. The summed E-state index contributed by atoms with van der Waals surface area (Å²) in [6, 6.07) is 5.45. The van der Waals surface area contributed by atoms with Gasteiger partial charge in [0.25, 0.3) is 0 Å². The highest BCUT2D eigenvalue weighted by molar-refractivity contribution is 6.12. The second-order valence-electron chi connectivity index (χ2n) is 2.98. The molecule has 1 rings (SSSR count). The van der Waals surface area contributed by atoms with E-state index in [1.54, 1.807) is 12.1 Å². The van der Waals surface area contributed by atoms with Crippen molar-refractivity contribution in [2.45, 2.75) is 13.8 Å². The molecule has 0 radical (unpaired) electrons. The molecule has 1 aromatic carbocycles. The zero-order valence-electron chi connectivity index (χ0n) is 8.87. The molecule has 0 bridgehead atoms. The molecular weight excluding hydrogens is 190 g/mol. The van der Waals surface area contributed by atoms with Crippen molar-refractivity contribution in [1.29, 1.82) is 10.8 Å². The van der Waals surface area contributed by atoms with Gasteiger partial charge in [-0.15, -0.1) is 0 Å². The van der Waals surface area contributed by atoms with E-state index in [0.717, 1.165) is 18.0 Å². The Balaban J connectivity index is 0.000000423. The lowest BCUT2D eigenvalue weighted by atomic mass is 10.1. The maximum Gasteiger partial charge on any atom is 0.161 e. The molecule has 80 valence electrons. The molecule has 0 saturated heterocycles. The van der Waals surface area contributed by atoms with Gasteiger partial charge in [-0.1, -0.05) is 11.6 Å². The van der Waals surface area contributed by atoms with E-state index in [2.05, 4.69) is 0 Å². The predicted octanol–water partition coefficient (Wildman–Crippen LogP) is 2.07. The second-order valence-corrected chi connectivity index (χ2v) is 2.98. The standard InChI is InChI=1S/C9H11NO.C2H4N2/c1-6-3-4-9(10)8(5-6)7(2)11;3-1-2-4/h3-5H,10H2,1-2H3;1-4H. The largest absolute Gasteiger partial charge is 0.398 e. The van der Waals surface area contributed by atoms with Crippen molar-refractivity contribution in [2.75, 3.05) is 5.73 Å². The third-order valence-electron chi connectivity index (χ3n) is 1.67. The first-order chi connectivity index (χ1) is 7.02. The number of benzene rings is 1. The van der Waals surface area contributed by atoms with Crippen LogP contribution in [0.25, 0.3) is 0 Å². The van der Waals surface area contributed by atoms with Gasteiger partial charge in [0.05, 0.1) is 0 Å². The molecule has 1 aromatic rings. The first-order valence-corrected chi connectivity index (χ1v) is 4.39. The van der Waals surface area contributed by atoms with Crippen LogP contribution in [0.1, 0.15) is 22.8 Å². The summed E-state index contributed by atoms with van der Waals surface area (Å²) in [6.45, 7) is 3.46. The topological polar surface area (TPSA) is 90.8 Å². The van der Waals surface area contributed by atoms with Crippen LogP contribution in [0.5, 0.6) is 0 Å². The number of anilines is 1. The monoisotopic (exact) mass is 205 g/mol. The first kappa shape index (κ1) is 13.0. The van der Waals surface area contributed by atoms with Crippen LogP contribution in [0.2, 0.25) is 0 Å². The van der Waals surface area contributed by atoms with Crippen LogP contribution in [-0.2, 0) is 0 Å². The minimum absolute atomic E-state index is 0.0196. The summed E-state index contributed by atoms with van der Waals surface area (Å²) < 4.78 is 0. The molecule has 0 fully saturated rings. The van der Waals surface area contributed by atoms with Crippen molar-refractivity contribution < 1.29 is 4.79 Å². The summed E-state index contributed by atoms with van der Waals surface area (Å²) in [5.74, 6) is 0.0196. The number of nitrogen functional groups attached to an aromatic ring is 1. The molecule has 0 aliphatic carbocycles. The van der Waals surface area contributed by atoms with E-state index >= 15 is 0 Å². The summed E-state index contributed by atoms with van der Waals surface area (Å²) >= 11 is 0. The molecule has 4 heteroatoms. The van der Waals surface area contributed by atoms with E-state index in [9.17, 15) is 4.79 Å². The minimum atomic E-state index is 0.0196. The number of Topliss-reactive ketones (excluding diaryl/α,β-unsaturated/α-hetero) is 1. The summed E-state index contributed by atoms with van der Waals surface area (Å²) in [5, 5.41) is 12.2. The van der Waals surface area contributed by atoms with Crippen LogP contribution in [0.3, 0.4) is 0 Å². The molecule has 0 aliphatic rings. The molecule has 0 atom stereocenters. The van der Waals surface area contributed by atoms with Gasteiger partial charge in [0, 0.05) is 23.7 Å². The van der Waals surface area contributed by atoms with Gasteiger partial charge in [0.15, 0.2) is 5.78 Å². The average molecular weight is 205 g/mol. The van der Waals surface area contributed by atoms with E-state index in [1.807, 2.05) is 13.0 Å². The van der Waals surface area contributed by atoms with Crippen LogP contribution in [0.15, 0.2) is 18.2 Å². The lowest BCUT2D eigenvalue weighted by Crippen LogP contribution is -1.99. The highest BCUT2D eigenvalue weighted by Gasteiger charge is 2.02. The Morgan fingerprint density at radius 1 is 1.33 bits per heavy atom. The molecule has 0 heterocycles. The fraction of sp³-hybridized carbons (Fsp3) is 0.182. The van der Waals surface area contributed by atoms with Gasteiger partial charge in [-0.05, 0) is 26.0 Å². The number of hydrogen-bond acceptors (Lipinski definition) is 4. The number of aryl methyl sites for hydroxylation is 1. The van der Waals surface area contributed by atoms with E-state index < -0.39 is 0 Å². The maximum atomic E-state index is 10.9. The number of carbonyl (C=O) groups excluding carboxylic acids is 1. The van der Waals surface area contributed by atoms with Gasteiger partial charge in [-0.2, -0.15) is 0 Å². The van der Waals surface area contributed by atoms with Gasteiger partial charge >= 0.3 is 0 Å². The fourth-order valence-corrected chi connectivity index (χ4v) is 0.975. The van der Waals surface area contributed by atoms with E-state index in [0.29, 0.717) is 11.3 Å². The highest BCUT2D eigenvalue weighted by atomic mass is 16.1. The smallest absolute Gasteiger partial charge is 0.161 e. The van der Waals surface area contributed by atoms with Crippen LogP contribution in [-0.4, -0.2) is 18.2 Å². The first-order valence-electron chi connectivity index (χ1n) is 4.39. The van der Waals surface area contributed by atoms with Gasteiger partial charge < -0.3 is 16.6 Å². The van der Waals surface area contributed by atoms with Crippen molar-refractivity contribution in [1.82, 2.24) is 0 Å². The zero-order chi connectivity index (χ0) is 11.8. The molecule has 0 aliphatic heterocycles. The summed E-state index contributed by atoms with van der Waals surface area (Å²) in [4.78, 5) is 10.9. The van der Waals surface area contributed by atoms with E-state index in [4.69, 9.17) is 16.6 Å². The number of hydrogen-bond donors (Lipinski definition) is 3. The van der Waals surface area contributed by atoms with Crippen molar-refractivity contribution in [3.8, 4) is 0 Å². The average Bonchev–Trinajstić information content (AvgIpc) is 2.22. The molecule has 0 unspecified atom stereocenters. The number of carbonyl (C=O) groups is 1. The van der Waals surface area contributed by atoms with Gasteiger partial charge in [-0.25, -0.2) is 0 Å². The lowest BCUT2D eigenvalue weighted by molar-refractivity contribution is 0.101. The van der Waals surface area contributed by atoms with Crippen LogP contribution >= 0.6 is 0 Å². The molecular formula is C11H15N3O. The van der Waals surface area contributed by atoms with Crippen LogP contribution in [0, 0.1) is 17.7 Å². The Morgan fingerprint density at radius 3 is 2.20 bits per heavy atom. The predicted molar refractivity (Wildman–Crippen MR) is 63.2 cm³/mol. The second kappa shape index (κ2) is 6.48. The molecule has 0 spiro atoms. The van der Waals surface area contributed by atoms with Crippen LogP contribution in [0.4, 0.5) is 5.69 Å². The Morgan fingerprint density at radius 2 is 1.87 bits per heavy atom. The van der Waals surface area contributed by atoms with Gasteiger partial charge in [0.2, 0.25) is 0 Å². The summed E-state index contributed by atoms with van der Waals surface area (Å²) in [5.41, 5.74) is 7.80. The molecule has 0 saturated carbocycles. The van der Waals surface area contributed by atoms with Crippen molar-refractivity contribution in [2.24, 2.45) is 0 Å². The maximum absolute atomic E-state index is 10.9. The number of nitrogens with two attached hydrogens (primary N) is 1. The molecule has 4 nitrogen and oxygen atoms in total. The van der Waals surface area contributed by atoms with Gasteiger partial charge in [0.1, 0.15) is 0 Å². The third kappa shape index (κ3) is 4.71. The minimum Gasteiger partial charge on any atom is -0.398 e. The molecule has 0 aromatic heterocycles. The fourth-order valence-electron chi connectivity index (χ4n) is 0.975. The summed E-state index contributed by atoms with van der Waals surface area (Å²) in [6.07, 6.45) is 1.83. The Labute approximate surface area is 89.1 Å².